The molecule has 8 heteroatoms. The number of amides is 1. The summed E-state index contributed by atoms with van der Waals surface area (Å²) in [5.74, 6) is 0.260. The molecule has 4 rings (SSSR count). The van der Waals surface area contributed by atoms with Crippen LogP contribution in [0, 0.1) is 6.92 Å². The van der Waals surface area contributed by atoms with Crippen molar-refractivity contribution >= 4 is 56.5 Å². The number of carbonyl (C=O) groups excluding carboxylic acids is 1. The zero-order valence-electron chi connectivity index (χ0n) is 13.5. The second-order valence-electron chi connectivity index (χ2n) is 5.63. The van der Waals surface area contributed by atoms with E-state index in [1.54, 1.807) is 41.1 Å². The van der Waals surface area contributed by atoms with Crippen LogP contribution in [0.5, 0.6) is 0 Å². The first kappa shape index (κ1) is 17.0. The highest BCUT2D eigenvalue weighted by atomic mass is 35.5. The van der Waals surface area contributed by atoms with Gasteiger partial charge in [0.1, 0.15) is 11.3 Å². The molecule has 0 bridgehead atoms. The van der Waals surface area contributed by atoms with Gasteiger partial charge in [0, 0.05) is 16.7 Å². The number of benzene rings is 2. The van der Waals surface area contributed by atoms with Gasteiger partial charge in [-0.25, -0.2) is 4.98 Å². The molecule has 2 heterocycles. The quantitative estimate of drug-likeness (QED) is 0.502. The maximum Gasteiger partial charge on any atom is 0.256 e. The smallest absolute Gasteiger partial charge is 0.256 e. The van der Waals surface area contributed by atoms with Gasteiger partial charge in [0.2, 0.25) is 5.13 Å². The fourth-order valence-electron chi connectivity index (χ4n) is 2.55. The minimum atomic E-state index is -0.271. The molecule has 0 spiro atoms. The summed E-state index contributed by atoms with van der Waals surface area (Å²) >= 11 is 13.6. The summed E-state index contributed by atoms with van der Waals surface area (Å²) in [4.78, 5) is 17.1. The van der Waals surface area contributed by atoms with Crippen LogP contribution in [-0.2, 0) is 0 Å². The Morgan fingerprint density at radius 1 is 1.15 bits per heavy atom. The van der Waals surface area contributed by atoms with Crippen molar-refractivity contribution in [2.24, 2.45) is 0 Å². The molecule has 0 unspecified atom stereocenters. The Hall–Kier alpha value is -2.41. The number of aryl methyl sites for hydroxylation is 1. The largest absolute Gasteiger partial charge is 0.306 e. The van der Waals surface area contributed by atoms with Crippen LogP contribution in [0.2, 0.25) is 10.0 Å². The average molecular weight is 403 g/mol. The van der Waals surface area contributed by atoms with Crippen LogP contribution < -0.4 is 5.32 Å². The lowest BCUT2D eigenvalue weighted by Crippen LogP contribution is -2.15. The highest BCUT2D eigenvalue weighted by molar-refractivity contribution is 7.20. The molecule has 2 aromatic heterocycles. The maximum absolute atomic E-state index is 12.5. The molecule has 5 nitrogen and oxygen atoms in total. The van der Waals surface area contributed by atoms with Crippen LogP contribution in [0.15, 0.2) is 48.5 Å². The number of aromatic nitrogens is 3. The number of halogens is 2. The normalized spacial score (nSPS) is 11.0. The minimum Gasteiger partial charge on any atom is -0.306 e. The van der Waals surface area contributed by atoms with Crippen molar-refractivity contribution in [3.05, 3.63) is 69.8 Å². The molecule has 130 valence electrons. The molecule has 4 aromatic rings. The molecule has 0 aliphatic heterocycles. The van der Waals surface area contributed by atoms with Gasteiger partial charge in [0.05, 0.1) is 15.4 Å². The molecular weight excluding hydrogens is 391 g/mol. The minimum absolute atomic E-state index is 0.271. The monoisotopic (exact) mass is 402 g/mol. The Labute approximate surface area is 163 Å². The van der Waals surface area contributed by atoms with E-state index in [0.29, 0.717) is 26.6 Å². The van der Waals surface area contributed by atoms with Crippen molar-refractivity contribution in [1.29, 1.82) is 0 Å². The van der Waals surface area contributed by atoms with E-state index in [1.165, 1.54) is 11.3 Å². The van der Waals surface area contributed by atoms with E-state index in [0.717, 1.165) is 15.9 Å². The topological polar surface area (TPSA) is 59.8 Å². The number of thiazole rings is 1. The molecule has 0 radical (unpaired) electrons. The number of nitrogens with zero attached hydrogens (tertiary/aromatic N) is 3. The van der Waals surface area contributed by atoms with Gasteiger partial charge in [-0.05, 0) is 37.3 Å². The summed E-state index contributed by atoms with van der Waals surface area (Å²) in [7, 11) is 0. The van der Waals surface area contributed by atoms with Crippen LogP contribution in [0.25, 0.3) is 15.3 Å². The summed E-state index contributed by atoms with van der Waals surface area (Å²) in [6.45, 7) is 1.85. The van der Waals surface area contributed by atoms with Gasteiger partial charge >= 0.3 is 0 Å². The van der Waals surface area contributed by atoms with Crippen molar-refractivity contribution in [1.82, 2.24) is 14.8 Å². The van der Waals surface area contributed by atoms with E-state index >= 15 is 0 Å². The molecule has 0 fully saturated rings. The number of nitrogens with one attached hydrogen (secondary N) is 1. The third kappa shape index (κ3) is 3.19. The predicted molar refractivity (Wildman–Crippen MR) is 106 cm³/mol. The zero-order valence-corrected chi connectivity index (χ0v) is 15.9. The van der Waals surface area contributed by atoms with Crippen LogP contribution >= 0.6 is 34.5 Å². The first-order valence-electron chi connectivity index (χ1n) is 7.70. The highest BCUT2D eigenvalue weighted by Crippen LogP contribution is 2.31. The predicted octanol–water partition coefficient (Wildman–Crippen LogP) is 5.35. The first-order valence-corrected chi connectivity index (χ1v) is 9.27. The number of hydrogen-bond donors (Lipinski definition) is 1. The van der Waals surface area contributed by atoms with Gasteiger partial charge in [-0.2, -0.15) is 9.78 Å². The molecule has 0 saturated heterocycles. The molecule has 0 aliphatic carbocycles. The fourth-order valence-corrected chi connectivity index (χ4v) is 3.97. The lowest BCUT2D eigenvalue weighted by atomic mass is 10.2. The second-order valence-corrected chi connectivity index (χ2v) is 7.48. The summed E-state index contributed by atoms with van der Waals surface area (Å²) in [6.07, 6.45) is 0. The van der Waals surface area contributed by atoms with E-state index < -0.39 is 0 Å². The molecule has 1 amide bonds. The van der Waals surface area contributed by atoms with Crippen LogP contribution in [0.4, 0.5) is 5.82 Å². The lowest BCUT2D eigenvalue weighted by molar-refractivity contribution is 0.102. The number of anilines is 1. The Balaban J connectivity index is 1.72. The standard InChI is InChI=1S/C18H12Cl2N4OS/c1-10-8-15(21-17(25)11-4-2-5-12(19)9-11)24(23-10)18-22-16-13(20)6-3-7-14(16)26-18/h2-9H,1H3,(H,21,25). The first-order chi connectivity index (χ1) is 12.5. The van der Waals surface area contributed by atoms with Crippen molar-refractivity contribution in [3.8, 4) is 5.13 Å². The Morgan fingerprint density at radius 2 is 1.96 bits per heavy atom. The highest BCUT2D eigenvalue weighted by Gasteiger charge is 2.16. The molecule has 26 heavy (non-hydrogen) atoms. The van der Waals surface area contributed by atoms with Crippen molar-refractivity contribution < 1.29 is 4.79 Å². The average Bonchev–Trinajstić information content (AvgIpc) is 3.19. The van der Waals surface area contributed by atoms with E-state index in [1.807, 2.05) is 19.1 Å². The van der Waals surface area contributed by atoms with Crippen LogP contribution in [-0.4, -0.2) is 20.7 Å². The molecule has 0 atom stereocenters. The van der Waals surface area contributed by atoms with Crippen LogP contribution in [0.3, 0.4) is 0 Å². The molecular formula is C18H12Cl2N4OS. The third-order valence-electron chi connectivity index (χ3n) is 3.70. The Kier molecular flexibility index (Phi) is 4.40. The summed E-state index contributed by atoms with van der Waals surface area (Å²) in [5, 5.41) is 9.03. The Bertz CT molecular complexity index is 1140. The summed E-state index contributed by atoms with van der Waals surface area (Å²) < 4.78 is 2.56. The molecule has 0 aliphatic rings. The van der Waals surface area contributed by atoms with Gasteiger partial charge in [-0.3, -0.25) is 4.79 Å². The number of carbonyl (C=O) groups is 1. The number of fused-ring (bicyclic) bond motifs is 1. The van der Waals surface area contributed by atoms with E-state index in [4.69, 9.17) is 23.2 Å². The van der Waals surface area contributed by atoms with Gasteiger partial charge in [0.25, 0.3) is 5.91 Å². The van der Waals surface area contributed by atoms with Crippen LogP contribution in [0.1, 0.15) is 16.1 Å². The third-order valence-corrected chi connectivity index (χ3v) is 5.24. The molecule has 1 N–H and O–H groups in total. The molecule has 2 aromatic carbocycles. The van der Waals surface area contributed by atoms with Crippen molar-refractivity contribution in [2.75, 3.05) is 5.32 Å². The number of rotatable bonds is 3. The van der Waals surface area contributed by atoms with Crippen molar-refractivity contribution in [2.45, 2.75) is 6.92 Å². The maximum atomic E-state index is 12.5. The summed E-state index contributed by atoms with van der Waals surface area (Å²) in [6, 6.07) is 14.2. The molecule has 0 saturated carbocycles. The second kappa shape index (κ2) is 6.72. The van der Waals surface area contributed by atoms with E-state index in [9.17, 15) is 4.79 Å². The van der Waals surface area contributed by atoms with Gasteiger partial charge < -0.3 is 5.32 Å². The van der Waals surface area contributed by atoms with Crippen molar-refractivity contribution in [3.63, 3.8) is 0 Å². The van der Waals surface area contributed by atoms with Gasteiger partial charge in [-0.15, -0.1) is 0 Å². The number of hydrogen-bond acceptors (Lipinski definition) is 4. The van der Waals surface area contributed by atoms with Gasteiger partial charge in [-0.1, -0.05) is 46.7 Å². The van der Waals surface area contributed by atoms with Gasteiger partial charge in [0.15, 0.2) is 0 Å². The summed E-state index contributed by atoms with van der Waals surface area (Å²) in [5.41, 5.74) is 1.95. The Morgan fingerprint density at radius 3 is 2.73 bits per heavy atom. The number of para-hydroxylation sites is 1. The van der Waals surface area contributed by atoms with E-state index in [2.05, 4.69) is 15.4 Å². The van der Waals surface area contributed by atoms with E-state index in [-0.39, 0.29) is 5.91 Å². The zero-order chi connectivity index (χ0) is 18.3. The fraction of sp³-hybridized carbons (Fsp3) is 0.0556. The SMILES string of the molecule is Cc1cc(NC(=O)c2cccc(Cl)c2)n(-c2nc3c(Cl)cccc3s2)n1. The lowest BCUT2D eigenvalue weighted by Gasteiger charge is -2.06.